The number of aliphatic hydroxyl groups excluding tert-OH is 2. The molecule has 19 heteroatoms. The van der Waals surface area contributed by atoms with E-state index in [2.05, 4.69) is 31.9 Å². The van der Waals surface area contributed by atoms with Crippen molar-refractivity contribution in [1.29, 1.82) is 0 Å². The van der Waals surface area contributed by atoms with Gasteiger partial charge in [0.25, 0.3) is 0 Å². The van der Waals surface area contributed by atoms with E-state index in [9.17, 15) is 53.7 Å². The molecule has 44 heavy (non-hydrogen) atoms. The first-order chi connectivity index (χ1) is 20.3. The zero-order valence-electron chi connectivity index (χ0n) is 25.1. The first kappa shape index (κ1) is 39.6. The highest BCUT2D eigenvalue weighted by Crippen LogP contribution is 2.08. The van der Waals surface area contributed by atoms with Crippen molar-refractivity contribution in [3.8, 4) is 0 Å². The Morgan fingerprint density at radius 1 is 0.636 bits per heavy atom. The highest BCUT2D eigenvalue weighted by Gasteiger charge is 2.34. The lowest BCUT2D eigenvalue weighted by molar-refractivity contribution is -0.145. The molecular weight excluding hydrogens is 590 g/mol. The molecule has 6 amide bonds. The van der Waals surface area contributed by atoms with Gasteiger partial charge in [-0.15, -0.1) is 0 Å². The number of carbonyl (C=O) groups excluding carboxylic acids is 6. The lowest BCUT2D eigenvalue weighted by atomic mass is 9.99. The van der Waals surface area contributed by atoms with Crippen LogP contribution >= 0.6 is 0 Å². The maximum atomic E-state index is 13.0. The molecule has 12 N–H and O–H groups in total. The predicted molar refractivity (Wildman–Crippen MR) is 150 cm³/mol. The number of carbonyl (C=O) groups is 8. The second-order valence-electron chi connectivity index (χ2n) is 10.5. The van der Waals surface area contributed by atoms with Crippen LogP contribution in [0.4, 0.5) is 0 Å². The van der Waals surface area contributed by atoms with Gasteiger partial charge in [-0.25, -0.2) is 4.79 Å². The summed E-state index contributed by atoms with van der Waals surface area (Å²) in [6.07, 6.45) is -2.10. The summed E-state index contributed by atoms with van der Waals surface area (Å²) in [5, 5.41) is 50.4. The fourth-order valence-electron chi connectivity index (χ4n) is 3.48. The van der Waals surface area contributed by atoms with Crippen molar-refractivity contribution in [2.75, 3.05) is 19.7 Å². The average molecular weight is 634 g/mol. The van der Waals surface area contributed by atoms with Gasteiger partial charge in [0.1, 0.15) is 18.1 Å². The molecule has 0 saturated heterocycles. The molecule has 6 atom stereocenters. The number of rotatable bonds is 19. The SMILES string of the molecule is CC(C)[C@H](NC(=O)CNC(=O)[C@H](CO)NC(=O)CNC(=O)[C@@H](N)CC(=O)O)C(=O)N[C@H](C(=O)N[C@H](C(=O)O)[C@@H](C)O)C(C)C. The molecule has 0 aliphatic heterocycles. The van der Waals surface area contributed by atoms with E-state index < -0.39 is 122 Å². The maximum absolute atomic E-state index is 13.0. The molecule has 0 aromatic heterocycles. The molecule has 0 heterocycles. The summed E-state index contributed by atoms with van der Waals surface area (Å²) in [6.45, 7) is 5.25. The Labute approximate surface area is 253 Å². The number of nitrogens with one attached hydrogen (secondary N) is 6. The smallest absolute Gasteiger partial charge is 0.328 e. The number of carboxylic acid groups (broad SMARTS) is 2. The highest BCUT2D eigenvalue weighted by atomic mass is 16.4. The van der Waals surface area contributed by atoms with E-state index in [1.54, 1.807) is 27.7 Å². The fraction of sp³-hybridized carbons (Fsp3) is 0.680. The van der Waals surface area contributed by atoms with Crippen molar-refractivity contribution in [1.82, 2.24) is 31.9 Å². The first-order valence-electron chi connectivity index (χ1n) is 13.6. The summed E-state index contributed by atoms with van der Waals surface area (Å²) in [7, 11) is 0. The summed E-state index contributed by atoms with van der Waals surface area (Å²) in [6, 6.07) is -7.01. The molecule has 0 saturated carbocycles. The summed E-state index contributed by atoms with van der Waals surface area (Å²) in [5.41, 5.74) is 5.37. The molecule has 0 aliphatic rings. The van der Waals surface area contributed by atoms with Crippen LogP contribution in [-0.2, 0) is 38.4 Å². The van der Waals surface area contributed by atoms with Crippen molar-refractivity contribution in [2.45, 2.75) is 77.4 Å². The molecule has 0 spiro atoms. The molecular formula is C25H43N7O12. The minimum absolute atomic E-state index is 0.516. The molecule has 0 aromatic carbocycles. The van der Waals surface area contributed by atoms with Crippen molar-refractivity contribution < 1.29 is 58.8 Å². The predicted octanol–water partition coefficient (Wildman–Crippen LogP) is -5.27. The third-order valence-electron chi connectivity index (χ3n) is 5.97. The van der Waals surface area contributed by atoms with Crippen molar-refractivity contribution >= 4 is 47.4 Å². The third-order valence-corrected chi connectivity index (χ3v) is 5.97. The molecule has 0 rings (SSSR count). The summed E-state index contributed by atoms with van der Waals surface area (Å²) >= 11 is 0. The van der Waals surface area contributed by atoms with Gasteiger partial charge in [-0.3, -0.25) is 33.6 Å². The standard InChI is InChI=1S/C25H43N7O12/c1-10(2)18(23(41)31-19(11(3)4)24(42)32-20(12(5)34)25(43)44)30-16(36)8-28-22(40)14(9-33)29-15(35)7-27-21(39)13(26)6-17(37)38/h10-14,18-20,33-34H,6-9,26H2,1-5H3,(H,27,39)(H,28,40)(H,29,35)(H,30,36)(H,31,41)(H,32,42)(H,37,38)(H,43,44)/t12-,13+,14+,18+,19+,20+/m1/s1. The normalized spacial score (nSPS) is 15.0. The monoisotopic (exact) mass is 633 g/mol. The first-order valence-corrected chi connectivity index (χ1v) is 13.6. The lowest BCUT2D eigenvalue weighted by Gasteiger charge is -2.28. The van der Waals surface area contributed by atoms with Gasteiger partial charge >= 0.3 is 11.9 Å². The Bertz CT molecular complexity index is 1070. The van der Waals surface area contributed by atoms with Crippen LogP contribution < -0.4 is 37.6 Å². The largest absolute Gasteiger partial charge is 0.481 e. The second-order valence-corrected chi connectivity index (χ2v) is 10.5. The number of aliphatic carboxylic acids is 2. The van der Waals surface area contributed by atoms with E-state index in [0.29, 0.717) is 0 Å². The molecule has 0 aliphatic carbocycles. The number of hydrogen-bond donors (Lipinski definition) is 11. The quantitative estimate of drug-likeness (QED) is 0.0634. The van der Waals surface area contributed by atoms with Crippen LogP contribution in [0.25, 0.3) is 0 Å². The lowest BCUT2D eigenvalue weighted by Crippen LogP contribution is -2.60. The van der Waals surface area contributed by atoms with Gasteiger partial charge in [0.2, 0.25) is 35.4 Å². The van der Waals surface area contributed by atoms with Gasteiger partial charge in [-0.1, -0.05) is 27.7 Å². The Hall–Kier alpha value is -4.36. The van der Waals surface area contributed by atoms with E-state index in [1.165, 1.54) is 6.92 Å². The second kappa shape index (κ2) is 19.0. The van der Waals surface area contributed by atoms with E-state index in [1.807, 2.05) is 0 Å². The number of aliphatic hydroxyl groups is 2. The summed E-state index contributed by atoms with van der Waals surface area (Å²) in [4.78, 5) is 96.3. The summed E-state index contributed by atoms with van der Waals surface area (Å²) < 4.78 is 0. The van der Waals surface area contributed by atoms with Crippen LogP contribution in [0.2, 0.25) is 0 Å². The van der Waals surface area contributed by atoms with Gasteiger partial charge < -0.3 is 58.1 Å². The van der Waals surface area contributed by atoms with Crippen LogP contribution in [0, 0.1) is 11.8 Å². The fourth-order valence-corrected chi connectivity index (χ4v) is 3.48. The molecule has 0 radical (unpaired) electrons. The average Bonchev–Trinajstić information content (AvgIpc) is 2.91. The highest BCUT2D eigenvalue weighted by molar-refractivity contribution is 5.95. The molecule has 0 aromatic rings. The van der Waals surface area contributed by atoms with Crippen LogP contribution in [0.5, 0.6) is 0 Å². The van der Waals surface area contributed by atoms with Crippen molar-refractivity contribution in [3.63, 3.8) is 0 Å². The van der Waals surface area contributed by atoms with Gasteiger partial charge in [-0.05, 0) is 18.8 Å². The minimum atomic E-state index is -1.63. The Balaban J connectivity index is 5.14. The van der Waals surface area contributed by atoms with Crippen LogP contribution in [0.15, 0.2) is 0 Å². The number of carboxylic acids is 2. The number of nitrogens with two attached hydrogens (primary N) is 1. The van der Waals surface area contributed by atoms with E-state index in [-0.39, 0.29) is 0 Å². The van der Waals surface area contributed by atoms with E-state index >= 15 is 0 Å². The number of amides is 6. The third kappa shape index (κ3) is 14.2. The zero-order valence-corrected chi connectivity index (χ0v) is 25.1. The molecule has 0 unspecified atom stereocenters. The van der Waals surface area contributed by atoms with Crippen LogP contribution in [-0.4, -0.2) is 124 Å². The van der Waals surface area contributed by atoms with E-state index in [4.69, 9.17) is 10.8 Å². The van der Waals surface area contributed by atoms with Gasteiger partial charge in [0.05, 0.1) is 38.3 Å². The Morgan fingerprint density at radius 3 is 1.48 bits per heavy atom. The van der Waals surface area contributed by atoms with Gasteiger partial charge in [-0.2, -0.15) is 0 Å². The van der Waals surface area contributed by atoms with Crippen molar-refractivity contribution in [3.05, 3.63) is 0 Å². The minimum Gasteiger partial charge on any atom is -0.481 e. The van der Waals surface area contributed by atoms with Gasteiger partial charge in [0.15, 0.2) is 6.04 Å². The number of hydrogen-bond acceptors (Lipinski definition) is 11. The zero-order chi connectivity index (χ0) is 34.3. The molecule has 250 valence electrons. The molecule has 0 bridgehead atoms. The van der Waals surface area contributed by atoms with Crippen LogP contribution in [0.3, 0.4) is 0 Å². The Kier molecular flexibility index (Phi) is 17.1. The molecule has 19 nitrogen and oxygen atoms in total. The maximum Gasteiger partial charge on any atom is 0.328 e. The van der Waals surface area contributed by atoms with E-state index in [0.717, 1.165) is 0 Å². The van der Waals surface area contributed by atoms with Crippen molar-refractivity contribution in [2.24, 2.45) is 17.6 Å². The topological polar surface area (TPSA) is 316 Å². The van der Waals surface area contributed by atoms with Crippen LogP contribution in [0.1, 0.15) is 41.0 Å². The Morgan fingerprint density at radius 2 is 1.07 bits per heavy atom. The summed E-state index contributed by atoms with van der Waals surface area (Å²) in [5.74, 6) is -9.21. The van der Waals surface area contributed by atoms with Gasteiger partial charge in [0, 0.05) is 0 Å². The molecule has 0 fully saturated rings.